The molecule has 0 bridgehead atoms. The summed E-state index contributed by atoms with van der Waals surface area (Å²) in [6, 6.07) is -0.875. The summed E-state index contributed by atoms with van der Waals surface area (Å²) in [6.07, 6.45) is 55.1. The zero-order valence-corrected chi connectivity index (χ0v) is 52.2. The van der Waals surface area contributed by atoms with E-state index in [4.69, 9.17) is 18.9 Å². The van der Waals surface area contributed by atoms with Gasteiger partial charge in [0, 0.05) is 6.42 Å². The summed E-state index contributed by atoms with van der Waals surface area (Å²) in [5, 5.41) is 87.4. The first kappa shape index (κ1) is 76.5. The van der Waals surface area contributed by atoms with Gasteiger partial charge in [-0.1, -0.05) is 279 Å². The van der Waals surface area contributed by atoms with E-state index in [1.54, 1.807) is 0 Å². The van der Waals surface area contributed by atoms with Crippen molar-refractivity contribution in [2.24, 2.45) is 0 Å². The highest BCUT2D eigenvalue weighted by Crippen LogP contribution is 2.30. The highest BCUT2D eigenvalue weighted by Gasteiger charge is 2.51. The van der Waals surface area contributed by atoms with Crippen molar-refractivity contribution >= 4 is 5.91 Å². The first-order valence-electron chi connectivity index (χ1n) is 33.7. The molecule has 2 heterocycles. The van der Waals surface area contributed by atoms with E-state index in [1.807, 2.05) is 12.2 Å². The first-order chi connectivity index (χ1) is 40.6. The summed E-state index contributed by atoms with van der Waals surface area (Å²) in [6.45, 7) is 2.72. The number of allylic oxidation sites excluding steroid dienone is 12. The molecule has 0 spiro atoms. The van der Waals surface area contributed by atoms with Crippen molar-refractivity contribution in [3.05, 3.63) is 72.9 Å². The third kappa shape index (κ3) is 38.4. The fraction of sp³-hybridized carbons (Fsp3) is 0.812. The van der Waals surface area contributed by atoms with Gasteiger partial charge in [-0.25, -0.2) is 0 Å². The van der Waals surface area contributed by atoms with Crippen LogP contribution in [0.5, 0.6) is 0 Å². The Bertz CT molecular complexity index is 1670. The molecule has 0 aromatic heterocycles. The van der Waals surface area contributed by atoms with Gasteiger partial charge in [0.05, 0.1) is 32.0 Å². The van der Waals surface area contributed by atoms with Crippen LogP contribution in [0.25, 0.3) is 0 Å². The standard InChI is InChI=1S/C69H123NO13/c1-3-5-7-9-11-13-15-17-19-21-23-24-25-26-27-28-29-30-31-32-33-35-36-38-40-42-44-46-48-50-52-58(73)57(70-61(74)53-51-49-47-45-43-41-39-37-34-22-20-18-16-14-12-10-8-6-4-2)56-80-68-66(79)64(77)67(60(55-72)82-68)83-69-65(78)63(76)62(75)59(54-71)81-69/h6,8,12,14,18,20,34,37,41,43,47,49,57-60,62-69,71-73,75-79H,3-5,7,9-11,13,15-17,19,21-33,35-36,38-40,42,44-46,48,50-56H2,1-2H3,(H,70,74)/b8-6-,14-12-,20-18-,37-34-,43-41-,49-47-. The molecule has 12 atom stereocenters. The molecule has 1 amide bonds. The van der Waals surface area contributed by atoms with Crippen molar-refractivity contribution in [1.29, 1.82) is 0 Å². The fourth-order valence-electron chi connectivity index (χ4n) is 10.9. The molecule has 0 aromatic rings. The number of aliphatic hydroxyl groups is 8. The molecule has 9 N–H and O–H groups in total. The molecular weight excluding hydrogens is 1050 g/mol. The van der Waals surface area contributed by atoms with Gasteiger partial charge in [-0.3, -0.25) is 4.79 Å². The maximum Gasteiger partial charge on any atom is 0.220 e. The third-order valence-electron chi connectivity index (χ3n) is 16.2. The Labute approximate surface area is 504 Å². The molecular formula is C69H123NO13. The lowest BCUT2D eigenvalue weighted by molar-refractivity contribution is -0.359. The first-order valence-corrected chi connectivity index (χ1v) is 33.7. The van der Waals surface area contributed by atoms with Gasteiger partial charge < -0.3 is 65.1 Å². The number of ether oxygens (including phenoxy) is 4. The van der Waals surface area contributed by atoms with Crippen molar-refractivity contribution in [1.82, 2.24) is 5.32 Å². The SMILES string of the molecule is CC/C=C\C/C=C\C/C=C\C/C=C\C/C=C\C/C=C\CCC(=O)NC(COC1OC(CO)C(OC2OC(CO)C(O)C(O)C2O)C(O)C1O)C(O)CCCCCCCCCCCCCCCCCCCCCCCCCCCCCCCC. The third-order valence-corrected chi connectivity index (χ3v) is 16.2. The molecule has 0 aromatic carbocycles. The van der Waals surface area contributed by atoms with E-state index in [-0.39, 0.29) is 18.9 Å². The van der Waals surface area contributed by atoms with Crippen LogP contribution in [0.15, 0.2) is 72.9 Å². The average Bonchev–Trinajstić information content (AvgIpc) is 3.64. The Balaban J connectivity index is 1.69. The van der Waals surface area contributed by atoms with Crippen LogP contribution in [-0.2, 0) is 23.7 Å². The Kier molecular flexibility index (Phi) is 49.5. The molecule has 0 aliphatic carbocycles. The minimum absolute atomic E-state index is 0.176. The number of hydrogen-bond acceptors (Lipinski definition) is 13. The highest BCUT2D eigenvalue weighted by molar-refractivity contribution is 5.76. The Morgan fingerprint density at radius 1 is 0.446 bits per heavy atom. The largest absolute Gasteiger partial charge is 0.394 e. The summed E-state index contributed by atoms with van der Waals surface area (Å²) in [5.41, 5.74) is 0. The van der Waals surface area contributed by atoms with Crippen LogP contribution in [0.3, 0.4) is 0 Å². The number of unbranched alkanes of at least 4 members (excludes halogenated alkanes) is 29. The van der Waals surface area contributed by atoms with E-state index < -0.39 is 86.8 Å². The normalized spacial score (nSPS) is 24.3. The maximum atomic E-state index is 13.3. The number of aliphatic hydroxyl groups excluding tert-OH is 8. The van der Waals surface area contributed by atoms with Crippen LogP contribution in [0.1, 0.15) is 264 Å². The van der Waals surface area contributed by atoms with Crippen molar-refractivity contribution in [2.45, 2.75) is 338 Å². The molecule has 2 fully saturated rings. The molecule has 2 rings (SSSR count). The minimum atomic E-state index is -1.79. The number of carbonyl (C=O) groups is 1. The number of amides is 1. The minimum Gasteiger partial charge on any atom is -0.394 e. The smallest absolute Gasteiger partial charge is 0.220 e. The average molecular weight is 1170 g/mol. The number of hydrogen-bond donors (Lipinski definition) is 9. The fourth-order valence-corrected chi connectivity index (χ4v) is 10.9. The maximum absolute atomic E-state index is 13.3. The lowest BCUT2D eigenvalue weighted by Gasteiger charge is -2.46. The van der Waals surface area contributed by atoms with Gasteiger partial charge in [0.1, 0.15) is 48.8 Å². The zero-order chi connectivity index (χ0) is 60.2. The van der Waals surface area contributed by atoms with E-state index in [2.05, 4.69) is 79.9 Å². The van der Waals surface area contributed by atoms with Gasteiger partial charge in [0.25, 0.3) is 0 Å². The van der Waals surface area contributed by atoms with Gasteiger partial charge in [-0.15, -0.1) is 0 Å². The van der Waals surface area contributed by atoms with Crippen LogP contribution >= 0.6 is 0 Å². The predicted molar refractivity (Wildman–Crippen MR) is 337 cm³/mol. The zero-order valence-electron chi connectivity index (χ0n) is 52.2. The second-order valence-corrected chi connectivity index (χ2v) is 23.6. The van der Waals surface area contributed by atoms with E-state index in [0.29, 0.717) is 12.8 Å². The van der Waals surface area contributed by atoms with Gasteiger partial charge >= 0.3 is 0 Å². The Hall–Kier alpha value is -2.57. The lowest BCUT2D eigenvalue weighted by atomic mass is 9.97. The summed E-state index contributed by atoms with van der Waals surface area (Å²) in [7, 11) is 0. The second kappa shape index (κ2) is 53.7. The lowest BCUT2D eigenvalue weighted by Crippen LogP contribution is -2.65. The molecule has 2 saturated heterocycles. The van der Waals surface area contributed by atoms with Crippen LogP contribution in [-0.4, -0.2) is 140 Å². The predicted octanol–water partition coefficient (Wildman–Crippen LogP) is 13.1. The van der Waals surface area contributed by atoms with Gasteiger partial charge in [0.15, 0.2) is 12.6 Å². The molecule has 2 aliphatic rings. The van der Waals surface area contributed by atoms with Crippen LogP contribution < -0.4 is 5.32 Å². The number of carbonyl (C=O) groups excluding carboxylic acids is 1. The molecule has 0 saturated carbocycles. The van der Waals surface area contributed by atoms with Crippen LogP contribution in [0.2, 0.25) is 0 Å². The molecule has 0 radical (unpaired) electrons. The van der Waals surface area contributed by atoms with Crippen molar-refractivity contribution in [2.75, 3.05) is 19.8 Å². The van der Waals surface area contributed by atoms with E-state index in [9.17, 15) is 45.6 Å². The summed E-state index contributed by atoms with van der Waals surface area (Å²) >= 11 is 0. The quantitative estimate of drug-likeness (QED) is 0.0204. The number of nitrogens with one attached hydrogen (secondary N) is 1. The van der Waals surface area contributed by atoms with Gasteiger partial charge in [0.2, 0.25) is 5.91 Å². The van der Waals surface area contributed by atoms with Crippen molar-refractivity contribution in [3.8, 4) is 0 Å². The van der Waals surface area contributed by atoms with Gasteiger partial charge in [-0.2, -0.15) is 0 Å². The topological polar surface area (TPSA) is 228 Å². The van der Waals surface area contributed by atoms with E-state index in [1.165, 1.54) is 167 Å². The second-order valence-electron chi connectivity index (χ2n) is 23.6. The molecule has 12 unspecified atom stereocenters. The summed E-state index contributed by atoms with van der Waals surface area (Å²) < 4.78 is 22.8. The Morgan fingerprint density at radius 2 is 0.807 bits per heavy atom. The summed E-state index contributed by atoms with van der Waals surface area (Å²) in [5.74, 6) is -0.288. The summed E-state index contributed by atoms with van der Waals surface area (Å²) in [4.78, 5) is 13.3. The molecule has 482 valence electrons. The Morgan fingerprint density at radius 3 is 1.20 bits per heavy atom. The van der Waals surface area contributed by atoms with Crippen LogP contribution in [0, 0.1) is 0 Å². The molecule has 83 heavy (non-hydrogen) atoms. The monoisotopic (exact) mass is 1170 g/mol. The van der Waals surface area contributed by atoms with E-state index in [0.717, 1.165) is 64.2 Å². The van der Waals surface area contributed by atoms with Crippen molar-refractivity contribution in [3.63, 3.8) is 0 Å². The van der Waals surface area contributed by atoms with Gasteiger partial charge in [-0.05, 0) is 51.4 Å². The highest BCUT2D eigenvalue weighted by atomic mass is 16.7. The van der Waals surface area contributed by atoms with E-state index >= 15 is 0 Å². The van der Waals surface area contributed by atoms with Crippen molar-refractivity contribution < 1.29 is 64.6 Å². The molecule has 14 heteroatoms. The number of rotatable bonds is 54. The molecule has 14 nitrogen and oxygen atoms in total. The van der Waals surface area contributed by atoms with Crippen LogP contribution in [0.4, 0.5) is 0 Å². The molecule has 2 aliphatic heterocycles.